The van der Waals surface area contributed by atoms with Gasteiger partial charge in [0.2, 0.25) is 0 Å². The summed E-state index contributed by atoms with van der Waals surface area (Å²) in [6, 6.07) is 3.83. The molecular formula is C11H15N3O4. The Balaban J connectivity index is 3.01. The zero-order valence-corrected chi connectivity index (χ0v) is 10.2. The Morgan fingerprint density at radius 2 is 2.28 bits per heavy atom. The molecule has 3 N–H and O–H groups in total. The summed E-state index contributed by atoms with van der Waals surface area (Å²) in [5.41, 5.74) is 5.33. The van der Waals surface area contributed by atoms with Crippen LogP contribution in [0, 0.1) is 10.1 Å². The molecule has 0 saturated carbocycles. The summed E-state index contributed by atoms with van der Waals surface area (Å²) < 4.78 is 4.85. The number of nitrogens with one attached hydrogen (secondary N) is 1. The van der Waals surface area contributed by atoms with Crippen LogP contribution in [0.4, 0.5) is 5.69 Å². The van der Waals surface area contributed by atoms with E-state index in [1.165, 1.54) is 25.3 Å². The topological polar surface area (TPSA) is 107 Å². The molecule has 0 aliphatic carbocycles. The first-order valence-corrected chi connectivity index (χ1v) is 5.33. The van der Waals surface area contributed by atoms with Gasteiger partial charge < -0.3 is 15.8 Å². The van der Waals surface area contributed by atoms with Crippen LogP contribution in [-0.4, -0.2) is 30.5 Å². The molecule has 0 spiro atoms. The normalized spacial score (nSPS) is 11.7. The highest BCUT2D eigenvalue weighted by atomic mass is 16.6. The highest BCUT2D eigenvalue weighted by Crippen LogP contribution is 2.27. The zero-order valence-electron chi connectivity index (χ0n) is 10.2. The third-order valence-corrected chi connectivity index (χ3v) is 2.37. The van der Waals surface area contributed by atoms with Gasteiger partial charge in [-0.3, -0.25) is 14.9 Å². The minimum absolute atomic E-state index is 0.114. The number of nitro benzene ring substituents is 1. The second-order valence-corrected chi connectivity index (χ2v) is 3.75. The number of nitrogens with zero attached hydrogens (tertiary/aromatic N) is 1. The third kappa shape index (κ3) is 3.17. The zero-order chi connectivity index (χ0) is 13.7. The van der Waals surface area contributed by atoms with E-state index >= 15 is 0 Å². The average molecular weight is 253 g/mol. The standard InChI is InChI=1S/C11H15N3O4/c1-7(6-12)13-11(15)8-3-4-10(18-2)9(5-8)14(16)17/h3-5,7H,6,12H2,1-2H3,(H,13,15)/t7-/m1/s1. The van der Waals surface area contributed by atoms with Crippen molar-refractivity contribution in [3.63, 3.8) is 0 Å². The van der Waals surface area contributed by atoms with Crippen molar-refractivity contribution >= 4 is 11.6 Å². The maximum atomic E-state index is 11.8. The largest absolute Gasteiger partial charge is 0.490 e. The Morgan fingerprint density at radius 3 is 2.78 bits per heavy atom. The van der Waals surface area contributed by atoms with Crippen molar-refractivity contribution < 1.29 is 14.5 Å². The first-order valence-electron chi connectivity index (χ1n) is 5.33. The van der Waals surface area contributed by atoms with Crippen molar-refractivity contribution in [2.24, 2.45) is 5.73 Å². The predicted molar refractivity (Wildman–Crippen MR) is 65.6 cm³/mol. The van der Waals surface area contributed by atoms with Crippen LogP contribution in [0.5, 0.6) is 5.75 Å². The third-order valence-electron chi connectivity index (χ3n) is 2.37. The molecule has 98 valence electrons. The second kappa shape index (κ2) is 5.97. The molecule has 1 rings (SSSR count). The van der Waals surface area contributed by atoms with Crippen LogP contribution < -0.4 is 15.8 Å². The van der Waals surface area contributed by atoms with Gasteiger partial charge >= 0.3 is 5.69 Å². The Morgan fingerprint density at radius 1 is 1.61 bits per heavy atom. The van der Waals surface area contributed by atoms with E-state index in [-0.39, 0.29) is 23.0 Å². The lowest BCUT2D eigenvalue weighted by Crippen LogP contribution is -2.37. The predicted octanol–water partition coefficient (Wildman–Crippen LogP) is 0.680. The highest BCUT2D eigenvalue weighted by Gasteiger charge is 2.18. The monoisotopic (exact) mass is 253 g/mol. The molecule has 0 aliphatic rings. The van der Waals surface area contributed by atoms with E-state index in [2.05, 4.69) is 5.32 Å². The molecule has 0 bridgehead atoms. The number of rotatable bonds is 5. The molecular weight excluding hydrogens is 238 g/mol. The van der Waals surface area contributed by atoms with Crippen molar-refractivity contribution in [2.75, 3.05) is 13.7 Å². The number of ether oxygens (including phenoxy) is 1. The minimum Gasteiger partial charge on any atom is -0.490 e. The van der Waals surface area contributed by atoms with Gasteiger partial charge in [-0.05, 0) is 19.1 Å². The molecule has 0 aliphatic heterocycles. The molecule has 0 radical (unpaired) electrons. The fourth-order valence-electron chi connectivity index (χ4n) is 1.34. The first kappa shape index (κ1) is 13.9. The van der Waals surface area contributed by atoms with Crippen molar-refractivity contribution in [1.82, 2.24) is 5.32 Å². The van der Waals surface area contributed by atoms with E-state index in [4.69, 9.17) is 10.5 Å². The summed E-state index contributed by atoms with van der Waals surface area (Å²) in [4.78, 5) is 22.0. The molecule has 1 atom stereocenters. The fourth-order valence-corrected chi connectivity index (χ4v) is 1.34. The molecule has 7 heteroatoms. The molecule has 7 nitrogen and oxygen atoms in total. The lowest BCUT2D eigenvalue weighted by molar-refractivity contribution is -0.385. The number of hydrogen-bond acceptors (Lipinski definition) is 5. The Labute approximate surface area is 104 Å². The molecule has 1 aromatic rings. The van der Waals surface area contributed by atoms with Gasteiger partial charge in [0, 0.05) is 24.2 Å². The van der Waals surface area contributed by atoms with Crippen LogP contribution in [-0.2, 0) is 0 Å². The highest BCUT2D eigenvalue weighted by molar-refractivity contribution is 5.95. The summed E-state index contributed by atoms with van der Waals surface area (Å²) in [7, 11) is 1.33. The molecule has 1 amide bonds. The van der Waals surface area contributed by atoms with E-state index in [1.807, 2.05) is 0 Å². The minimum atomic E-state index is -0.595. The van der Waals surface area contributed by atoms with Crippen molar-refractivity contribution in [3.05, 3.63) is 33.9 Å². The molecule has 0 unspecified atom stereocenters. The lowest BCUT2D eigenvalue weighted by Gasteiger charge is -2.11. The summed E-state index contributed by atoms with van der Waals surface area (Å²) in [6.45, 7) is 2.04. The quantitative estimate of drug-likeness (QED) is 0.592. The van der Waals surface area contributed by atoms with Crippen LogP contribution in [0.1, 0.15) is 17.3 Å². The van der Waals surface area contributed by atoms with Gasteiger partial charge in [0.05, 0.1) is 12.0 Å². The molecule has 0 saturated heterocycles. The molecule has 0 aromatic heterocycles. The second-order valence-electron chi connectivity index (χ2n) is 3.75. The maximum Gasteiger partial charge on any atom is 0.311 e. The van der Waals surface area contributed by atoms with E-state index in [9.17, 15) is 14.9 Å². The molecule has 18 heavy (non-hydrogen) atoms. The molecule has 0 heterocycles. The maximum absolute atomic E-state index is 11.8. The number of amides is 1. The summed E-state index contributed by atoms with van der Waals surface area (Å²) >= 11 is 0. The fraction of sp³-hybridized carbons (Fsp3) is 0.364. The number of carbonyl (C=O) groups is 1. The van der Waals surface area contributed by atoms with Gasteiger partial charge in [-0.1, -0.05) is 0 Å². The lowest BCUT2D eigenvalue weighted by atomic mass is 10.1. The average Bonchev–Trinajstić information content (AvgIpc) is 2.37. The van der Waals surface area contributed by atoms with Gasteiger partial charge in [-0.2, -0.15) is 0 Å². The van der Waals surface area contributed by atoms with E-state index in [0.29, 0.717) is 6.54 Å². The van der Waals surface area contributed by atoms with E-state index in [0.717, 1.165) is 0 Å². The van der Waals surface area contributed by atoms with Crippen LogP contribution in [0.25, 0.3) is 0 Å². The SMILES string of the molecule is COc1ccc(C(=O)N[C@H](C)CN)cc1[N+](=O)[O-]. The van der Waals surface area contributed by atoms with Crippen molar-refractivity contribution in [3.8, 4) is 5.75 Å². The summed E-state index contributed by atoms with van der Waals surface area (Å²) in [5, 5.41) is 13.4. The molecule has 0 fully saturated rings. The van der Waals surface area contributed by atoms with Crippen molar-refractivity contribution in [2.45, 2.75) is 13.0 Å². The Bertz CT molecular complexity index is 462. The smallest absolute Gasteiger partial charge is 0.311 e. The number of benzene rings is 1. The molecule has 1 aromatic carbocycles. The number of nitro groups is 1. The van der Waals surface area contributed by atoms with E-state index in [1.54, 1.807) is 6.92 Å². The number of carbonyl (C=O) groups excluding carboxylic acids is 1. The summed E-state index contributed by atoms with van der Waals surface area (Å²) in [6.07, 6.45) is 0. The van der Waals surface area contributed by atoms with Gasteiger partial charge in [0.25, 0.3) is 5.91 Å². The number of hydrogen-bond donors (Lipinski definition) is 2. The van der Waals surface area contributed by atoms with Gasteiger partial charge in [0.15, 0.2) is 5.75 Å². The van der Waals surface area contributed by atoms with Gasteiger partial charge in [0.1, 0.15) is 0 Å². The van der Waals surface area contributed by atoms with Crippen LogP contribution in [0.15, 0.2) is 18.2 Å². The summed E-state index contributed by atoms with van der Waals surface area (Å²) in [5.74, 6) is -0.290. The number of methoxy groups -OCH3 is 1. The van der Waals surface area contributed by atoms with Crippen molar-refractivity contribution in [1.29, 1.82) is 0 Å². The van der Waals surface area contributed by atoms with E-state index < -0.39 is 10.8 Å². The van der Waals surface area contributed by atoms with Gasteiger partial charge in [-0.15, -0.1) is 0 Å². The van der Waals surface area contributed by atoms with Crippen LogP contribution >= 0.6 is 0 Å². The Hall–Kier alpha value is -2.15. The van der Waals surface area contributed by atoms with Crippen LogP contribution in [0.2, 0.25) is 0 Å². The van der Waals surface area contributed by atoms with Crippen LogP contribution in [0.3, 0.4) is 0 Å². The van der Waals surface area contributed by atoms with Gasteiger partial charge in [-0.25, -0.2) is 0 Å². The Kier molecular flexibility index (Phi) is 4.61. The number of nitrogens with two attached hydrogens (primary N) is 1. The first-order chi connectivity index (χ1) is 8.49.